The van der Waals surface area contributed by atoms with Crippen molar-refractivity contribution in [1.82, 2.24) is 0 Å². The summed E-state index contributed by atoms with van der Waals surface area (Å²) < 4.78 is 0. The van der Waals surface area contributed by atoms with E-state index in [1.165, 1.54) is 0 Å². The Morgan fingerprint density at radius 2 is 1.25 bits per heavy atom. The van der Waals surface area contributed by atoms with Gasteiger partial charge >= 0.3 is 27.3 Å². The third kappa shape index (κ3) is 10.4. The molecule has 0 radical (unpaired) electrons. The fourth-order valence-corrected chi connectivity index (χ4v) is 0. The quantitative estimate of drug-likeness (QED) is 0.295. The molecule has 0 aromatic carbocycles. The van der Waals surface area contributed by atoms with Crippen LogP contribution in [-0.2, 0) is 39.9 Å². The molecule has 0 fully saturated rings. The van der Waals surface area contributed by atoms with E-state index in [0.29, 0.717) is 0 Å². The average molecular weight is 175 g/mol. The van der Waals surface area contributed by atoms with Gasteiger partial charge in [0.25, 0.3) is 0 Å². The van der Waals surface area contributed by atoms with Gasteiger partial charge in [-0.05, 0) is 0 Å². The second kappa shape index (κ2) is 28.3. The first-order valence-electron chi connectivity index (χ1n) is 0.408. The summed E-state index contributed by atoms with van der Waals surface area (Å²) in [4.78, 5) is 0. The molecule has 0 bridgehead atoms. The van der Waals surface area contributed by atoms with Gasteiger partial charge in [-0.25, -0.2) is 0 Å². The predicted molar refractivity (Wildman–Crippen MR) is 19.7 cm³/mol. The Kier molecular flexibility index (Phi) is 132. The predicted octanol–water partition coefficient (Wildman–Crippen LogP) is 0.611. The molecule has 0 rings (SSSR count). The minimum Gasteiger partial charge on any atom is -0.796 e. The smallest absolute Gasteiger partial charge is 0.796 e. The van der Waals surface area contributed by atoms with Crippen LogP contribution in [-0.4, -0.2) is 6.26 Å². The topological polar surface area (TPSA) is 0 Å². The van der Waals surface area contributed by atoms with Gasteiger partial charge in [-0.2, -0.15) is 6.26 Å². The van der Waals surface area contributed by atoms with Crippen molar-refractivity contribution in [2.24, 2.45) is 0 Å². The van der Waals surface area contributed by atoms with Crippen molar-refractivity contribution >= 4 is 12.6 Å². The van der Waals surface area contributed by atoms with Crippen molar-refractivity contribution in [3.8, 4) is 0 Å². The third-order valence-corrected chi connectivity index (χ3v) is 0. The van der Waals surface area contributed by atoms with Crippen molar-refractivity contribution in [3.05, 3.63) is 7.43 Å². The van der Waals surface area contributed by atoms with Crippen molar-refractivity contribution < 1.29 is 27.3 Å². The molecule has 0 heterocycles. The maximum absolute atomic E-state index is 4.08. The van der Waals surface area contributed by atoms with E-state index in [4.69, 9.17) is 0 Å². The van der Waals surface area contributed by atoms with E-state index < -0.39 is 0 Å². The van der Waals surface area contributed by atoms with Gasteiger partial charge in [-0.15, -0.1) is 0 Å². The van der Waals surface area contributed by atoms with Crippen molar-refractivity contribution in [2.45, 2.75) is 0 Å². The summed E-state index contributed by atoms with van der Waals surface area (Å²) in [6.07, 6.45) is 1.58. The van der Waals surface area contributed by atoms with Gasteiger partial charge in [0.15, 0.2) is 0 Å². The van der Waals surface area contributed by atoms with E-state index in [1.54, 1.807) is 6.26 Å². The molecule has 0 N–H and O–H groups in total. The largest absolute Gasteiger partial charge is 2.00 e. The Labute approximate surface area is 53.5 Å². The van der Waals surface area contributed by atoms with Gasteiger partial charge in [-0.3, -0.25) is 0 Å². The molecule has 0 aliphatic rings. The van der Waals surface area contributed by atoms with Crippen molar-refractivity contribution in [3.63, 3.8) is 0 Å². The van der Waals surface area contributed by atoms with Gasteiger partial charge in [0.1, 0.15) is 0 Å². The Morgan fingerprint density at radius 3 is 1.25 bits per heavy atom. The van der Waals surface area contributed by atoms with Crippen molar-refractivity contribution in [2.75, 3.05) is 6.26 Å². The zero-order chi connectivity index (χ0) is 2.00. The van der Waals surface area contributed by atoms with Gasteiger partial charge < -0.3 is 20.1 Å². The summed E-state index contributed by atoms with van der Waals surface area (Å²) in [5, 5.41) is 0. The molecular formula is C2H6CdS. The molecule has 0 amide bonds. The molecule has 0 aromatic rings. The van der Waals surface area contributed by atoms with Crippen LogP contribution in [0.15, 0.2) is 0 Å². The van der Waals surface area contributed by atoms with Crippen LogP contribution in [0.5, 0.6) is 0 Å². The normalized spacial score (nSPS) is 1.50. The zero-order valence-corrected chi connectivity index (χ0v) is 7.97. The molecule has 0 aliphatic heterocycles. The first kappa shape index (κ1) is 18.6. The Hall–Kier alpha value is 1.27. The van der Waals surface area contributed by atoms with Crippen LogP contribution in [0.2, 0.25) is 0 Å². The van der Waals surface area contributed by atoms with Gasteiger partial charge in [0.2, 0.25) is 0 Å². The van der Waals surface area contributed by atoms with Crippen LogP contribution in [0.1, 0.15) is 0 Å². The standard InChI is InChI=1S/CH4S.CH3.Cd/c1-2;;/h2H,1H3;1H3;/q;-1;+2/p-1. The molecule has 0 nitrogen and oxygen atoms in total. The molecule has 2 heteroatoms. The molecule has 4 heavy (non-hydrogen) atoms. The summed E-state index contributed by atoms with van der Waals surface area (Å²) in [6, 6.07) is 0. The number of hydrogen-bond donors (Lipinski definition) is 0. The minimum atomic E-state index is 0. The average Bonchev–Trinajstić information content (AvgIpc) is 1.00. The monoisotopic (exact) mass is 176 g/mol. The fraction of sp³-hybridized carbons (Fsp3) is 0.500. The summed E-state index contributed by atoms with van der Waals surface area (Å²) in [6.45, 7) is 0. The van der Waals surface area contributed by atoms with Crippen LogP contribution in [0.25, 0.3) is 0 Å². The van der Waals surface area contributed by atoms with E-state index in [2.05, 4.69) is 12.6 Å². The number of hydrogen-bond acceptors (Lipinski definition) is 1. The van der Waals surface area contributed by atoms with Crippen LogP contribution < -0.4 is 0 Å². The fourth-order valence-electron chi connectivity index (χ4n) is 0. The van der Waals surface area contributed by atoms with E-state index >= 15 is 0 Å². The summed E-state index contributed by atoms with van der Waals surface area (Å²) >= 11 is 4.08. The zero-order valence-electron chi connectivity index (χ0n) is 3.12. The molecule has 0 unspecified atom stereocenters. The molecule has 22 valence electrons. The van der Waals surface area contributed by atoms with Crippen LogP contribution in [0.4, 0.5) is 0 Å². The Bertz CT molecular complexity index is 6.00. The SMILES string of the molecule is C[S-].[CH3-].[Cd+2]. The van der Waals surface area contributed by atoms with Crippen LogP contribution >= 0.6 is 0 Å². The van der Waals surface area contributed by atoms with Crippen LogP contribution in [0, 0.1) is 7.43 Å². The second-order valence-electron chi connectivity index (χ2n) is 0. The molecule has 0 spiro atoms. The summed E-state index contributed by atoms with van der Waals surface area (Å²) in [7, 11) is 0. The van der Waals surface area contributed by atoms with Crippen molar-refractivity contribution in [1.29, 1.82) is 0 Å². The maximum atomic E-state index is 4.08. The molecule has 0 atom stereocenters. The van der Waals surface area contributed by atoms with E-state index in [0.717, 1.165) is 0 Å². The van der Waals surface area contributed by atoms with Gasteiger partial charge in [0, 0.05) is 0 Å². The first-order chi connectivity index (χ1) is 1.00. The molecular weight excluding hydrogens is 169 g/mol. The van der Waals surface area contributed by atoms with Crippen LogP contribution in [0.3, 0.4) is 0 Å². The van der Waals surface area contributed by atoms with Gasteiger partial charge in [0.05, 0.1) is 0 Å². The second-order valence-corrected chi connectivity index (χ2v) is 0. The molecule has 0 saturated heterocycles. The summed E-state index contributed by atoms with van der Waals surface area (Å²) in [5.41, 5.74) is 0. The molecule has 0 aliphatic carbocycles. The van der Waals surface area contributed by atoms with E-state index in [-0.39, 0.29) is 34.7 Å². The molecule has 0 saturated carbocycles. The Morgan fingerprint density at radius 1 is 1.25 bits per heavy atom. The first-order valence-corrected chi connectivity index (χ1v) is 1.22. The van der Waals surface area contributed by atoms with Gasteiger partial charge in [-0.1, -0.05) is 0 Å². The maximum Gasteiger partial charge on any atom is 2.00 e. The van der Waals surface area contributed by atoms with E-state index in [1.807, 2.05) is 0 Å². The summed E-state index contributed by atoms with van der Waals surface area (Å²) in [5.74, 6) is 0. The minimum absolute atomic E-state index is 0. The third-order valence-electron chi connectivity index (χ3n) is 0. The number of rotatable bonds is 0. The van der Waals surface area contributed by atoms with E-state index in [9.17, 15) is 0 Å². The Balaban J connectivity index is -0.00000000500. The molecule has 0 aromatic heterocycles.